The molecule has 1 aromatic heterocycles. The van der Waals surface area contributed by atoms with Gasteiger partial charge in [-0.25, -0.2) is 0 Å². The van der Waals surface area contributed by atoms with Crippen molar-refractivity contribution < 1.29 is 28.7 Å². The summed E-state index contributed by atoms with van der Waals surface area (Å²) in [6.45, 7) is 5.60. The molecule has 0 unspecified atom stereocenters. The molecule has 0 N–H and O–H groups in total. The average molecular weight is 381 g/mol. The quantitative estimate of drug-likeness (QED) is 0.275. The van der Waals surface area contributed by atoms with Crippen LogP contribution in [0.15, 0.2) is 12.1 Å². The fourth-order valence-corrected chi connectivity index (χ4v) is 2.42. The molecule has 0 radical (unpaired) electrons. The number of nitrogens with zero attached hydrogens (tertiary/aromatic N) is 3. The molecule has 1 aromatic rings. The van der Waals surface area contributed by atoms with Gasteiger partial charge < -0.3 is 24.3 Å². The van der Waals surface area contributed by atoms with Crippen molar-refractivity contribution in [2.75, 3.05) is 31.3 Å². The van der Waals surface area contributed by atoms with Gasteiger partial charge in [-0.2, -0.15) is 0 Å². The Balaban J connectivity index is 2.08. The third kappa shape index (κ3) is 5.13. The summed E-state index contributed by atoms with van der Waals surface area (Å²) in [6, 6.07) is 2.53. The number of esters is 1. The molecule has 0 atom stereocenters. The van der Waals surface area contributed by atoms with Crippen LogP contribution in [0.1, 0.15) is 33.6 Å². The van der Waals surface area contributed by atoms with Crippen molar-refractivity contribution in [3.05, 3.63) is 22.2 Å². The van der Waals surface area contributed by atoms with Crippen LogP contribution in [0.2, 0.25) is 0 Å². The zero-order chi connectivity index (χ0) is 20.0. The van der Waals surface area contributed by atoms with Gasteiger partial charge in [-0.1, -0.05) is 13.3 Å². The van der Waals surface area contributed by atoms with E-state index in [0.717, 1.165) is 17.7 Å². The minimum Gasteiger partial charge on any atom is -0.472 e. The highest BCUT2D eigenvalue weighted by atomic mass is 16.6. The van der Waals surface area contributed by atoms with Crippen LogP contribution in [0.25, 0.3) is 0 Å². The minimum atomic E-state index is -1.24. The Morgan fingerprint density at radius 2 is 2.07 bits per heavy atom. The first-order chi connectivity index (χ1) is 12.8. The molecule has 2 rings (SSSR count). The molecule has 1 amide bonds. The first-order valence-electron chi connectivity index (χ1n) is 8.66. The Hall–Kier alpha value is -2.75. The number of rotatable bonds is 9. The van der Waals surface area contributed by atoms with E-state index in [4.69, 9.17) is 14.2 Å². The van der Waals surface area contributed by atoms with Crippen molar-refractivity contribution >= 4 is 23.5 Å². The van der Waals surface area contributed by atoms with Crippen LogP contribution in [-0.4, -0.2) is 53.8 Å². The Morgan fingerprint density at radius 3 is 2.74 bits per heavy atom. The zero-order valence-electron chi connectivity index (χ0n) is 15.6. The van der Waals surface area contributed by atoms with Crippen LogP contribution in [0.4, 0.5) is 11.6 Å². The molecule has 0 saturated carbocycles. The molecule has 148 valence electrons. The third-order valence-corrected chi connectivity index (χ3v) is 3.81. The van der Waals surface area contributed by atoms with E-state index < -0.39 is 34.8 Å². The van der Waals surface area contributed by atoms with Gasteiger partial charge in [-0.15, -0.1) is 0 Å². The van der Waals surface area contributed by atoms with Crippen molar-refractivity contribution in [1.29, 1.82) is 0 Å². The monoisotopic (exact) mass is 381 g/mol. The third-order valence-electron chi connectivity index (χ3n) is 3.81. The molecule has 0 bridgehead atoms. The Morgan fingerprint density at radius 1 is 1.33 bits per heavy atom. The Kier molecular flexibility index (Phi) is 6.67. The molecule has 1 aliphatic rings. The van der Waals surface area contributed by atoms with E-state index in [1.165, 1.54) is 12.1 Å². The van der Waals surface area contributed by atoms with E-state index in [1.54, 1.807) is 13.8 Å². The largest absolute Gasteiger partial charge is 0.472 e. The molecular weight excluding hydrogens is 358 g/mol. The molecule has 0 aliphatic carbocycles. The molecule has 10 heteroatoms. The number of hydrogen-bond acceptors (Lipinski definition) is 8. The van der Waals surface area contributed by atoms with Crippen LogP contribution in [0.5, 0.6) is 5.75 Å². The maximum atomic E-state index is 12.6. The molecule has 0 fully saturated rings. The van der Waals surface area contributed by atoms with Crippen molar-refractivity contribution in [3.8, 4) is 5.75 Å². The van der Waals surface area contributed by atoms with Crippen molar-refractivity contribution in [2.24, 2.45) is 0 Å². The van der Waals surface area contributed by atoms with Gasteiger partial charge in [-0.05, 0) is 36.2 Å². The smallest absolute Gasteiger partial charge is 0.366 e. The summed E-state index contributed by atoms with van der Waals surface area (Å²) in [6.07, 6.45) is 1.93. The molecule has 10 nitrogen and oxygen atoms in total. The zero-order valence-corrected chi connectivity index (χ0v) is 15.6. The van der Waals surface area contributed by atoms with Gasteiger partial charge in [-0.3, -0.25) is 14.5 Å². The second-order valence-corrected chi connectivity index (χ2v) is 6.44. The highest BCUT2D eigenvalue weighted by molar-refractivity contribution is 6.04. The molecular formula is C17H23N3O7. The lowest BCUT2D eigenvalue weighted by Gasteiger charge is -2.35. The summed E-state index contributed by atoms with van der Waals surface area (Å²) in [5.41, 5.74) is -1.24. The van der Waals surface area contributed by atoms with E-state index in [2.05, 4.69) is 4.98 Å². The molecule has 0 aromatic carbocycles. The number of aromatic nitrogens is 1. The normalized spacial score (nSPS) is 15.1. The number of amides is 1. The highest BCUT2D eigenvalue weighted by Crippen LogP contribution is 2.37. The number of fused-ring (bicyclic) bond motifs is 1. The standard InChI is InChI=1S/C17H23N3O7/c1-4-5-8-25-9-10-26-14(21)11-19-15-12(27-17(2,3)16(19)22)6-7-13(18-15)20(23)24/h6-7H,4-5,8-11H2,1-3H3. The SMILES string of the molecule is CCCCOCCOC(=O)CN1C(=O)C(C)(C)Oc2ccc([N+](=O)[O-])nc21. The van der Waals surface area contributed by atoms with Gasteiger partial charge in [0.2, 0.25) is 0 Å². The predicted octanol–water partition coefficient (Wildman–Crippen LogP) is 1.85. The van der Waals surface area contributed by atoms with Crippen LogP contribution < -0.4 is 9.64 Å². The van der Waals surface area contributed by atoms with Gasteiger partial charge in [0.15, 0.2) is 11.4 Å². The van der Waals surface area contributed by atoms with Crippen molar-refractivity contribution in [1.82, 2.24) is 4.98 Å². The number of nitro groups is 1. The van der Waals surface area contributed by atoms with Gasteiger partial charge in [0, 0.05) is 12.7 Å². The number of pyridine rings is 1. The number of carbonyl (C=O) groups excluding carboxylic acids is 2. The Labute approximate surface area is 156 Å². The van der Waals surface area contributed by atoms with E-state index in [0.29, 0.717) is 6.61 Å². The predicted molar refractivity (Wildman–Crippen MR) is 94.6 cm³/mol. The van der Waals surface area contributed by atoms with Crippen LogP contribution in [0, 0.1) is 10.1 Å². The maximum absolute atomic E-state index is 12.6. The second-order valence-electron chi connectivity index (χ2n) is 6.44. The topological polar surface area (TPSA) is 121 Å². The van der Waals surface area contributed by atoms with Gasteiger partial charge in [0.1, 0.15) is 13.2 Å². The van der Waals surface area contributed by atoms with E-state index >= 15 is 0 Å². The summed E-state index contributed by atoms with van der Waals surface area (Å²) in [5.74, 6) is -1.56. The van der Waals surface area contributed by atoms with Gasteiger partial charge in [0.05, 0.1) is 6.61 Å². The number of carbonyl (C=O) groups is 2. The summed E-state index contributed by atoms with van der Waals surface area (Å²) >= 11 is 0. The fourth-order valence-electron chi connectivity index (χ4n) is 2.42. The molecule has 0 spiro atoms. The van der Waals surface area contributed by atoms with E-state index in [9.17, 15) is 19.7 Å². The molecule has 27 heavy (non-hydrogen) atoms. The molecule has 2 heterocycles. The van der Waals surface area contributed by atoms with E-state index in [-0.39, 0.29) is 24.8 Å². The number of unbranched alkanes of at least 4 members (excludes halogenated alkanes) is 1. The van der Waals surface area contributed by atoms with Gasteiger partial charge >= 0.3 is 11.8 Å². The van der Waals surface area contributed by atoms with Crippen molar-refractivity contribution in [3.63, 3.8) is 0 Å². The second kappa shape index (κ2) is 8.76. The van der Waals surface area contributed by atoms with E-state index in [1.807, 2.05) is 6.92 Å². The fraction of sp³-hybridized carbons (Fsp3) is 0.588. The summed E-state index contributed by atoms with van der Waals surface area (Å²) in [5, 5.41) is 11.0. The summed E-state index contributed by atoms with van der Waals surface area (Å²) in [7, 11) is 0. The number of ether oxygens (including phenoxy) is 3. The van der Waals surface area contributed by atoms with Crippen LogP contribution >= 0.6 is 0 Å². The van der Waals surface area contributed by atoms with Crippen LogP contribution in [0.3, 0.4) is 0 Å². The lowest BCUT2D eigenvalue weighted by Crippen LogP contribution is -2.54. The average Bonchev–Trinajstić information content (AvgIpc) is 2.61. The first kappa shape index (κ1) is 20.6. The van der Waals surface area contributed by atoms with Crippen LogP contribution in [-0.2, 0) is 19.1 Å². The number of hydrogen-bond donors (Lipinski definition) is 0. The van der Waals surface area contributed by atoms with Crippen molar-refractivity contribution in [2.45, 2.75) is 39.2 Å². The Bertz CT molecular complexity index is 720. The first-order valence-corrected chi connectivity index (χ1v) is 8.66. The maximum Gasteiger partial charge on any atom is 0.366 e. The lowest BCUT2D eigenvalue weighted by atomic mass is 10.1. The lowest BCUT2D eigenvalue weighted by molar-refractivity contribution is -0.389. The summed E-state index contributed by atoms with van der Waals surface area (Å²) < 4.78 is 15.9. The highest BCUT2D eigenvalue weighted by Gasteiger charge is 2.45. The molecule has 1 aliphatic heterocycles. The number of anilines is 1. The summed E-state index contributed by atoms with van der Waals surface area (Å²) in [4.78, 5) is 39.9. The molecule has 0 saturated heterocycles. The minimum absolute atomic E-state index is 0.0553. The van der Waals surface area contributed by atoms with Gasteiger partial charge in [0.25, 0.3) is 11.7 Å².